The summed E-state index contributed by atoms with van der Waals surface area (Å²) in [7, 11) is 0. The molecule has 0 spiro atoms. The van der Waals surface area contributed by atoms with Crippen LogP contribution in [-0.2, 0) is 13.0 Å². The third kappa shape index (κ3) is 3.18. The van der Waals surface area contributed by atoms with Crippen LogP contribution in [0, 0.1) is 0 Å². The van der Waals surface area contributed by atoms with E-state index in [1.165, 1.54) is 11.2 Å². The summed E-state index contributed by atoms with van der Waals surface area (Å²) >= 11 is 11.2. The highest BCUT2D eigenvalue weighted by atomic mass is 79.9. The lowest BCUT2D eigenvalue weighted by molar-refractivity contribution is 1.02. The molecule has 0 saturated heterocycles. The standard InChI is InChI=1S/C11H11BrClN3S/c1-2-9-10(13)15-6-16-11(9)14-4-8-3-7(12)5-17-8/h3,5-6H,2,4H2,1H3,(H,14,15,16). The molecule has 0 aliphatic carbocycles. The van der Waals surface area contributed by atoms with E-state index in [4.69, 9.17) is 11.6 Å². The number of thiophene rings is 1. The second-order valence-corrected chi connectivity index (χ2v) is 5.70. The summed E-state index contributed by atoms with van der Waals surface area (Å²) in [6.07, 6.45) is 2.30. The summed E-state index contributed by atoms with van der Waals surface area (Å²) in [5.74, 6) is 0.817. The highest BCUT2D eigenvalue weighted by Gasteiger charge is 2.07. The van der Waals surface area contributed by atoms with Gasteiger partial charge in [0, 0.05) is 20.3 Å². The molecule has 3 nitrogen and oxygen atoms in total. The third-order valence-corrected chi connectivity index (χ3v) is 4.32. The van der Waals surface area contributed by atoms with E-state index in [-0.39, 0.29) is 0 Å². The van der Waals surface area contributed by atoms with E-state index in [1.54, 1.807) is 11.3 Å². The van der Waals surface area contributed by atoms with Crippen LogP contribution < -0.4 is 5.32 Å². The van der Waals surface area contributed by atoms with Gasteiger partial charge in [-0.25, -0.2) is 9.97 Å². The van der Waals surface area contributed by atoms with Crippen molar-refractivity contribution in [3.05, 3.63) is 37.8 Å². The normalized spacial score (nSPS) is 10.5. The molecule has 2 aromatic heterocycles. The average molecular weight is 333 g/mol. The molecule has 0 aromatic carbocycles. The molecular formula is C11H11BrClN3S. The fraction of sp³-hybridized carbons (Fsp3) is 0.273. The van der Waals surface area contributed by atoms with E-state index in [2.05, 4.69) is 42.7 Å². The zero-order valence-electron chi connectivity index (χ0n) is 9.20. The minimum Gasteiger partial charge on any atom is -0.365 e. The van der Waals surface area contributed by atoms with Gasteiger partial charge in [0.15, 0.2) is 0 Å². The molecule has 6 heteroatoms. The molecule has 0 atom stereocenters. The molecule has 0 amide bonds. The number of nitrogens with zero attached hydrogens (tertiary/aromatic N) is 2. The average Bonchev–Trinajstić information content (AvgIpc) is 2.72. The molecule has 2 rings (SSSR count). The quantitative estimate of drug-likeness (QED) is 0.856. The van der Waals surface area contributed by atoms with Crippen LogP contribution in [0.2, 0.25) is 5.15 Å². The molecule has 0 fully saturated rings. The predicted molar refractivity (Wildman–Crippen MR) is 75.8 cm³/mol. The van der Waals surface area contributed by atoms with Crippen LogP contribution in [0.15, 0.2) is 22.2 Å². The first-order valence-corrected chi connectivity index (χ1v) is 7.22. The van der Waals surface area contributed by atoms with Crippen molar-refractivity contribution >= 4 is 44.7 Å². The molecule has 17 heavy (non-hydrogen) atoms. The Balaban J connectivity index is 2.11. The number of hydrogen-bond donors (Lipinski definition) is 1. The van der Waals surface area contributed by atoms with Crippen LogP contribution in [0.5, 0.6) is 0 Å². The Kier molecular flexibility index (Phi) is 4.36. The topological polar surface area (TPSA) is 37.8 Å². The van der Waals surface area contributed by atoms with Gasteiger partial charge in [-0.1, -0.05) is 18.5 Å². The van der Waals surface area contributed by atoms with Crippen molar-refractivity contribution in [1.29, 1.82) is 0 Å². The number of nitrogens with one attached hydrogen (secondary N) is 1. The van der Waals surface area contributed by atoms with Gasteiger partial charge in [0.1, 0.15) is 17.3 Å². The molecule has 0 aliphatic heterocycles. The van der Waals surface area contributed by atoms with Crippen LogP contribution in [0.3, 0.4) is 0 Å². The molecule has 2 aromatic rings. The van der Waals surface area contributed by atoms with Gasteiger partial charge in [0.05, 0.1) is 6.54 Å². The van der Waals surface area contributed by atoms with Gasteiger partial charge in [-0.2, -0.15) is 0 Å². The zero-order valence-corrected chi connectivity index (χ0v) is 12.4. The lowest BCUT2D eigenvalue weighted by Gasteiger charge is -2.09. The van der Waals surface area contributed by atoms with Crippen molar-refractivity contribution in [2.45, 2.75) is 19.9 Å². The lowest BCUT2D eigenvalue weighted by atomic mass is 10.2. The summed E-state index contributed by atoms with van der Waals surface area (Å²) in [6, 6.07) is 2.09. The zero-order chi connectivity index (χ0) is 12.3. The van der Waals surface area contributed by atoms with Gasteiger partial charge in [-0.3, -0.25) is 0 Å². The van der Waals surface area contributed by atoms with E-state index < -0.39 is 0 Å². The molecule has 0 bridgehead atoms. The highest BCUT2D eigenvalue weighted by Crippen LogP contribution is 2.23. The van der Waals surface area contributed by atoms with Crippen molar-refractivity contribution < 1.29 is 0 Å². The number of rotatable bonds is 4. The van der Waals surface area contributed by atoms with Crippen molar-refractivity contribution in [3.8, 4) is 0 Å². The minimum absolute atomic E-state index is 0.525. The van der Waals surface area contributed by atoms with Crippen LogP contribution >= 0.6 is 38.9 Å². The van der Waals surface area contributed by atoms with Crippen LogP contribution in [0.25, 0.3) is 0 Å². The molecular weight excluding hydrogens is 322 g/mol. The Morgan fingerprint density at radius 3 is 2.94 bits per heavy atom. The van der Waals surface area contributed by atoms with Crippen molar-refractivity contribution in [1.82, 2.24) is 9.97 Å². The molecule has 2 heterocycles. The number of halogens is 2. The Hall–Kier alpha value is -0.650. The van der Waals surface area contributed by atoms with Crippen molar-refractivity contribution in [3.63, 3.8) is 0 Å². The van der Waals surface area contributed by atoms with Crippen LogP contribution in [0.4, 0.5) is 5.82 Å². The van der Waals surface area contributed by atoms with Gasteiger partial charge in [0.25, 0.3) is 0 Å². The van der Waals surface area contributed by atoms with Gasteiger partial charge in [0.2, 0.25) is 0 Å². The first kappa shape index (κ1) is 12.8. The van der Waals surface area contributed by atoms with Crippen molar-refractivity contribution in [2.24, 2.45) is 0 Å². The first-order chi connectivity index (χ1) is 8.20. The molecule has 0 aliphatic rings. The summed E-state index contributed by atoms with van der Waals surface area (Å²) in [6.45, 7) is 2.79. The minimum atomic E-state index is 0.525. The Morgan fingerprint density at radius 2 is 2.29 bits per heavy atom. The molecule has 0 radical (unpaired) electrons. The number of aromatic nitrogens is 2. The first-order valence-electron chi connectivity index (χ1n) is 5.17. The van der Waals surface area contributed by atoms with Crippen LogP contribution in [0.1, 0.15) is 17.4 Å². The maximum atomic E-state index is 6.02. The lowest BCUT2D eigenvalue weighted by Crippen LogP contribution is -2.04. The summed E-state index contributed by atoms with van der Waals surface area (Å²) < 4.78 is 1.11. The summed E-state index contributed by atoms with van der Waals surface area (Å²) in [5.41, 5.74) is 0.963. The molecule has 90 valence electrons. The second-order valence-electron chi connectivity index (χ2n) is 3.43. The number of anilines is 1. The largest absolute Gasteiger partial charge is 0.365 e. The molecule has 0 saturated carbocycles. The van der Waals surface area contributed by atoms with E-state index >= 15 is 0 Å². The summed E-state index contributed by atoms with van der Waals surface area (Å²) in [4.78, 5) is 9.44. The maximum absolute atomic E-state index is 6.02. The maximum Gasteiger partial charge on any atom is 0.137 e. The monoisotopic (exact) mass is 331 g/mol. The van der Waals surface area contributed by atoms with Crippen molar-refractivity contribution in [2.75, 3.05) is 5.32 Å². The fourth-order valence-corrected chi connectivity index (χ4v) is 3.13. The van der Waals surface area contributed by atoms with Gasteiger partial charge < -0.3 is 5.32 Å². The third-order valence-electron chi connectivity index (χ3n) is 2.30. The van der Waals surface area contributed by atoms with E-state index in [1.807, 2.05) is 6.92 Å². The van der Waals surface area contributed by atoms with Gasteiger partial charge in [-0.15, -0.1) is 11.3 Å². The second kappa shape index (κ2) is 5.80. The Morgan fingerprint density at radius 1 is 1.47 bits per heavy atom. The fourth-order valence-electron chi connectivity index (χ4n) is 1.47. The smallest absolute Gasteiger partial charge is 0.137 e. The van der Waals surface area contributed by atoms with E-state index in [9.17, 15) is 0 Å². The van der Waals surface area contributed by atoms with Gasteiger partial charge >= 0.3 is 0 Å². The summed E-state index contributed by atoms with van der Waals surface area (Å²) in [5, 5.41) is 5.87. The SMILES string of the molecule is CCc1c(Cl)ncnc1NCc1cc(Br)cs1. The van der Waals surface area contributed by atoms with Crippen LogP contribution in [-0.4, -0.2) is 9.97 Å². The Bertz CT molecular complexity index is 515. The number of hydrogen-bond acceptors (Lipinski definition) is 4. The molecule has 0 unspecified atom stereocenters. The molecule has 1 N–H and O–H groups in total. The Labute approximate surface area is 117 Å². The van der Waals surface area contributed by atoms with Gasteiger partial charge in [-0.05, 0) is 28.4 Å². The predicted octanol–water partition coefficient (Wildman–Crippen LogP) is 4.13. The van der Waals surface area contributed by atoms with E-state index in [0.717, 1.165) is 28.8 Å². The van der Waals surface area contributed by atoms with E-state index in [0.29, 0.717) is 5.15 Å². The highest BCUT2D eigenvalue weighted by molar-refractivity contribution is 9.10.